The highest BCUT2D eigenvalue weighted by Gasteiger charge is 2.48. The van der Waals surface area contributed by atoms with Crippen molar-refractivity contribution in [1.82, 2.24) is 29.5 Å². The predicted octanol–water partition coefficient (Wildman–Crippen LogP) is 1.68. The van der Waals surface area contributed by atoms with Gasteiger partial charge in [-0.15, -0.1) is 0 Å². The van der Waals surface area contributed by atoms with Gasteiger partial charge >= 0.3 is 0 Å². The molecule has 0 spiro atoms. The first-order valence-corrected chi connectivity index (χ1v) is 8.33. The van der Waals surface area contributed by atoms with Crippen LogP contribution in [0.1, 0.15) is 26.5 Å². The van der Waals surface area contributed by atoms with Crippen molar-refractivity contribution >= 4 is 16.9 Å². The SMILES string of the molecule is COC1(c2ccnn2C)CN(c2ncnc3c2cnn3C(C)(C)C)C1. The van der Waals surface area contributed by atoms with Crippen molar-refractivity contribution in [2.24, 2.45) is 7.05 Å². The van der Waals surface area contributed by atoms with E-state index < -0.39 is 0 Å². The maximum absolute atomic E-state index is 5.86. The Labute approximate surface area is 146 Å². The second-order valence-corrected chi connectivity index (χ2v) is 7.56. The molecule has 1 saturated heterocycles. The van der Waals surface area contributed by atoms with E-state index in [4.69, 9.17) is 4.74 Å². The Kier molecular flexibility index (Phi) is 3.37. The van der Waals surface area contributed by atoms with Crippen LogP contribution in [0.15, 0.2) is 24.8 Å². The maximum Gasteiger partial charge on any atom is 0.163 e. The zero-order chi connectivity index (χ0) is 17.8. The van der Waals surface area contributed by atoms with Crippen molar-refractivity contribution < 1.29 is 4.74 Å². The first-order valence-electron chi connectivity index (χ1n) is 8.33. The molecule has 1 fully saturated rings. The monoisotopic (exact) mass is 341 g/mol. The molecule has 4 heterocycles. The fourth-order valence-electron chi connectivity index (χ4n) is 3.51. The third-order valence-electron chi connectivity index (χ3n) is 4.85. The molecule has 0 unspecified atom stereocenters. The summed E-state index contributed by atoms with van der Waals surface area (Å²) in [5, 5.41) is 9.77. The molecule has 0 saturated carbocycles. The zero-order valence-electron chi connectivity index (χ0n) is 15.3. The van der Waals surface area contributed by atoms with Gasteiger partial charge in [-0.2, -0.15) is 10.2 Å². The largest absolute Gasteiger partial charge is 0.368 e. The number of aryl methyl sites for hydroxylation is 1. The molecular weight excluding hydrogens is 318 g/mol. The lowest BCUT2D eigenvalue weighted by Gasteiger charge is -2.49. The van der Waals surface area contributed by atoms with Gasteiger partial charge in [-0.05, 0) is 26.8 Å². The summed E-state index contributed by atoms with van der Waals surface area (Å²) in [6, 6.07) is 2.01. The number of methoxy groups -OCH3 is 1. The first-order chi connectivity index (χ1) is 11.9. The highest BCUT2D eigenvalue weighted by molar-refractivity contribution is 5.87. The Bertz CT molecular complexity index is 915. The van der Waals surface area contributed by atoms with Gasteiger partial charge in [0.05, 0.1) is 35.9 Å². The van der Waals surface area contributed by atoms with Crippen LogP contribution in [0.4, 0.5) is 5.82 Å². The van der Waals surface area contributed by atoms with Gasteiger partial charge in [0.2, 0.25) is 0 Å². The molecule has 132 valence electrons. The van der Waals surface area contributed by atoms with Crippen LogP contribution in [0.3, 0.4) is 0 Å². The third-order valence-corrected chi connectivity index (χ3v) is 4.85. The summed E-state index contributed by atoms with van der Waals surface area (Å²) >= 11 is 0. The minimum Gasteiger partial charge on any atom is -0.368 e. The smallest absolute Gasteiger partial charge is 0.163 e. The summed E-state index contributed by atoms with van der Waals surface area (Å²) in [6.07, 6.45) is 5.26. The molecule has 1 aliphatic rings. The average Bonchev–Trinajstić information content (AvgIpc) is 3.13. The number of ether oxygens (including phenoxy) is 1. The van der Waals surface area contributed by atoms with Crippen LogP contribution in [-0.4, -0.2) is 49.7 Å². The molecule has 0 atom stereocenters. The van der Waals surface area contributed by atoms with Crippen LogP contribution in [0.5, 0.6) is 0 Å². The van der Waals surface area contributed by atoms with Gasteiger partial charge in [-0.1, -0.05) is 0 Å². The summed E-state index contributed by atoms with van der Waals surface area (Å²) < 4.78 is 9.67. The Morgan fingerprint density at radius 2 is 1.92 bits per heavy atom. The Morgan fingerprint density at radius 1 is 1.16 bits per heavy atom. The minimum absolute atomic E-state index is 0.132. The highest BCUT2D eigenvalue weighted by Crippen LogP contribution is 2.39. The Balaban J connectivity index is 1.69. The van der Waals surface area contributed by atoms with Crippen LogP contribution in [-0.2, 0) is 22.9 Å². The minimum atomic E-state index is -0.359. The first kappa shape index (κ1) is 16.0. The molecule has 0 bridgehead atoms. The molecule has 25 heavy (non-hydrogen) atoms. The number of anilines is 1. The normalized spacial score (nSPS) is 17.1. The van der Waals surface area contributed by atoms with Gasteiger partial charge in [-0.3, -0.25) is 4.68 Å². The summed E-state index contributed by atoms with van der Waals surface area (Å²) in [5.41, 5.74) is 1.44. The number of aromatic nitrogens is 6. The van der Waals surface area contributed by atoms with E-state index >= 15 is 0 Å². The molecule has 0 N–H and O–H groups in total. The van der Waals surface area contributed by atoms with Crippen molar-refractivity contribution in [2.75, 3.05) is 25.1 Å². The van der Waals surface area contributed by atoms with E-state index in [1.165, 1.54) is 0 Å². The molecule has 0 amide bonds. The molecule has 0 aliphatic carbocycles. The van der Waals surface area contributed by atoms with Crippen molar-refractivity contribution in [3.8, 4) is 0 Å². The number of rotatable bonds is 3. The fourth-order valence-corrected chi connectivity index (χ4v) is 3.51. The Morgan fingerprint density at radius 3 is 2.52 bits per heavy atom. The van der Waals surface area contributed by atoms with Crippen LogP contribution in [0, 0.1) is 0 Å². The van der Waals surface area contributed by atoms with Gasteiger partial charge in [0.1, 0.15) is 17.7 Å². The lowest BCUT2D eigenvalue weighted by Crippen LogP contribution is -2.61. The molecule has 0 radical (unpaired) electrons. The van der Waals surface area contributed by atoms with E-state index in [1.54, 1.807) is 19.6 Å². The molecular formula is C17H23N7O. The lowest BCUT2D eigenvalue weighted by atomic mass is 9.89. The number of hydrogen-bond acceptors (Lipinski definition) is 6. The van der Waals surface area contributed by atoms with Gasteiger partial charge in [0.25, 0.3) is 0 Å². The highest BCUT2D eigenvalue weighted by atomic mass is 16.5. The quantitative estimate of drug-likeness (QED) is 0.721. The summed E-state index contributed by atoms with van der Waals surface area (Å²) in [7, 11) is 3.69. The lowest BCUT2D eigenvalue weighted by molar-refractivity contribution is -0.0446. The van der Waals surface area contributed by atoms with Crippen molar-refractivity contribution in [3.63, 3.8) is 0 Å². The van der Waals surface area contributed by atoms with E-state index in [0.717, 1.165) is 35.6 Å². The van der Waals surface area contributed by atoms with E-state index in [0.29, 0.717) is 0 Å². The molecule has 1 aliphatic heterocycles. The van der Waals surface area contributed by atoms with Crippen molar-refractivity contribution in [2.45, 2.75) is 31.9 Å². The van der Waals surface area contributed by atoms with E-state index in [2.05, 4.69) is 45.8 Å². The topological polar surface area (TPSA) is 73.9 Å². The van der Waals surface area contributed by atoms with Crippen LogP contribution >= 0.6 is 0 Å². The summed E-state index contributed by atoms with van der Waals surface area (Å²) in [4.78, 5) is 11.2. The van der Waals surface area contributed by atoms with Gasteiger partial charge in [0, 0.05) is 20.4 Å². The number of fused-ring (bicyclic) bond motifs is 1. The fraction of sp³-hybridized carbons (Fsp3) is 0.529. The predicted molar refractivity (Wildman–Crippen MR) is 94.4 cm³/mol. The molecule has 8 heteroatoms. The number of nitrogens with zero attached hydrogens (tertiary/aromatic N) is 7. The molecule has 3 aromatic heterocycles. The van der Waals surface area contributed by atoms with Gasteiger partial charge in [-0.25, -0.2) is 14.6 Å². The van der Waals surface area contributed by atoms with E-state index in [9.17, 15) is 0 Å². The van der Waals surface area contributed by atoms with Crippen molar-refractivity contribution in [1.29, 1.82) is 0 Å². The number of hydrogen-bond donors (Lipinski definition) is 0. The molecule has 8 nitrogen and oxygen atoms in total. The molecule has 4 rings (SSSR count). The van der Waals surface area contributed by atoms with Crippen molar-refractivity contribution in [3.05, 3.63) is 30.5 Å². The zero-order valence-corrected chi connectivity index (χ0v) is 15.3. The second-order valence-electron chi connectivity index (χ2n) is 7.56. The second kappa shape index (κ2) is 5.26. The van der Waals surface area contributed by atoms with E-state index in [-0.39, 0.29) is 11.1 Å². The van der Waals surface area contributed by atoms with Gasteiger partial charge < -0.3 is 9.64 Å². The Hall–Kier alpha value is -2.48. The maximum atomic E-state index is 5.86. The van der Waals surface area contributed by atoms with Gasteiger partial charge in [0.15, 0.2) is 5.65 Å². The summed E-state index contributed by atoms with van der Waals surface area (Å²) in [5.74, 6) is 0.898. The van der Waals surface area contributed by atoms with Crippen LogP contribution in [0.25, 0.3) is 11.0 Å². The molecule has 0 aromatic carbocycles. The standard InChI is InChI=1S/C17H23N7O/c1-16(2,3)24-15-12(8-21-24)14(18-11-19-15)23-9-17(10-23,25-5)13-6-7-20-22(13)4/h6-8,11H,9-10H2,1-5H3. The molecule has 3 aromatic rings. The average molecular weight is 341 g/mol. The van der Waals surface area contributed by atoms with E-state index in [1.807, 2.05) is 28.7 Å². The summed E-state index contributed by atoms with van der Waals surface area (Å²) in [6.45, 7) is 7.78. The third kappa shape index (κ3) is 2.31. The van der Waals surface area contributed by atoms with Crippen LogP contribution < -0.4 is 4.90 Å². The van der Waals surface area contributed by atoms with Crippen LogP contribution in [0.2, 0.25) is 0 Å².